The first-order valence-electron chi connectivity index (χ1n) is 6.49. The number of rotatable bonds is 7. The summed E-state index contributed by atoms with van der Waals surface area (Å²) in [6.07, 6.45) is 0.769. The Balaban J connectivity index is 3.12. The Bertz CT molecular complexity index is 661. The Morgan fingerprint density at radius 3 is 2.61 bits per heavy atom. The number of nitrogens with zero attached hydrogens (tertiary/aromatic N) is 1. The number of allylic oxidation sites excluding steroid dienone is 1. The number of nitrogens with one attached hydrogen (secondary N) is 1. The van der Waals surface area contributed by atoms with Crippen LogP contribution in [0.15, 0.2) is 30.0 Å². The summed E-state index contributed by atoms with van der Waals surface area (Å²) >= 11 is 0. The molecule has 0 saturated carbocycles. The quantitative estimate of drug-likeness (QED) is 0.451. The van der Waals surface area contributed by atoms with E-state index in [4.69, 9.17) is 5.11 Å². The fraction of sp³-hybridized carbons (Fsp3) is 0.286. The molecule has 0 aliphatic carbocycles. The van der Waals surface area contributed by atoms with Crippen LogP contribution >= 0.6 is 0 Å². The molecule has 0 aliphatic rings. The molecule has 0 spiro atoms. The van der Waals surface area contributed by atoms with Crippen LogP contribution in [0.25, 0.3) is 0 Å². The summed E-state index contributed by atoms with van der Waals surface area (Å²) in [4.78, 5) is 31.9. The lowest BCUT2D eigenvalue weighted by molar-refractivity contribution is -0.483. The zero-order valence-corrected chi connectivity index (χ0v) is 12.1. The Morgan fingerprint density at radius 1 is 1.43 bits per heavy atom. The molecule has 1 rings (SSSR count). The van der Waals surface area contributed by atoms with Gasteiger partial charge in [-0.3, -0.25) is 14.9 Å². The van der Waals surface area contributed by atoms with E-state index in [-0.39, 0.29) is 12.0 Å². The van der Waals surface area contributed by atoms with E-state index in [1.807, 2.05) is 0 Å². The number of carboxylic acids is 1. The molecular formula is C14H14F2N2O5. The number of carbonyl (C=O) groups is 2. The molecule has 7 nitrogen and oxygen atoms in total. The second-order valence-electron chi connectivity index (χ2n) is 4.70. The van der Waals surface area contributed by atoms with Crippen LogP contribution in [0.1, 0.15) is 24.8 Å². The Hall–Kier alpha value is -2.84. The van der Waals surface area contributed by atoms with Gasteiger partial charge in [0.05, 0.1) is 5.92 Å². The monoisotopic (exact) mass is 328 g/mol. The van der Waals surface area contributed by atoms with Crippen LogP contribution in [-0.2, 0) is 9.59 Å². The number of carbonyl (C=O) groups excluding carboxylic acids is 1. The molecule has 1 aromatic carbocycles. The van der Waals surface area contributed by atoms with Crippen molar-refractivity contribution in [2.45, 2.75) is 19.3 Å². The van der Waals surface area contributed by atoms with Gasteiger partial charge in [0.25, 0.3) is 0 Å². The summed E-state index contributed by atoms with van der Waals surface area (Å²) in [6.45, 7) is 0.376. The minimum absolute atomic E-state index is 0.231. The second-order valence-corrected chi connectivity index (χ2v) is 4.70. The molecule has 0 bridgehead atoms. The van der Waals surface area contributed by atoms with Gasteiger partial charge in [-0.15, -0.1) is 0 Å². The van der Waals surface area contributed by atoms with E-state index in [1.54, 1.807) is 0 Å². The maximum absolute atomic E-state index is 13.8. The van der Waals surface area contributed by atoms with Gasteiger partial charge in [-0.1, -0.05) is 18.2 Å². The average Bonchev–Trinajstić information content (AvgIpc) is 2.44. The van der Waals surface area contributed by atoms with E-state index < -0.39 is 46.6 Å². The SMILES string of the molecule is CC(=O)N/C(=C\C[C@H](C[N+](=O)[O-])c1cccc(F)c1F)C(=O)O. The Labute approximate surface area is 129 Å². The molecule has 1 amide bonds. The van der Waals surface area contributed by atoms with Crippen LogP contribution < -0.4 is 5.32 Å². The number of hydrogen-bond donors (Lipinski definition) is 2. The van der Waals surface area contributed by atoms with Gasteiger partial charge in [-0.05, 0) is 12.5 Å². The molecule has 124 valence electrons. The fourth-order valence-electron chi connectivity index (χ4n) is 1.96. The van der Waals surface area contributed by atoms with Crippen molar-refractivity contribution in [1.29, 1.82) is 0 Å². The van der Waals surface area contributed by atoms with Crippen LogP contribution in [0.3, 0.4) is 0 Å². The largest absolute Gasteiger partial charge is 0.477 e. The summed E-state index contributed by atoms with van der Waals surface area (Å²) in [5.74, 6) is -5.53. The highest BCUT2D eigenvalue weighted by atomic mass is 19.2. The third-order valence-corrected chi connectivity index (χ3v) is 2.94. The van der Waals surface area contributed by atoms with Crippen LogP contribution in [-0.4, -0.2) is 28.5 Å². The maximum Gasteiger partial charge on any atom is 0.352 e. The van der Waals surface area contributed by atoms with Crippen LogP contribution in [0.4, 0.5) is 8.78 Å². The molecule has 1 aromatic rings. The molecule has 0 radical (unpaired) electrons. The number of benzene rings is 1. The first-order valence-corrected chi connectivity index (χ1v) is 6.49. The highest BCUT2D eigenvalue weighted by Crippen LogP contribution is 2.25. The number of halogens is 2. The maximum atomic E-state index is 13.8. The minimum atomic E-state index is -1.44. The predicted octanol–water partition coefficient (Wildman–Crippen LogP) is 1.82. The minimum Gasteiger partial charge on any atom is -0.477 e. The summed E-state index contributed by atoms with van der Waals surface area (Å²) in [7, 11) is 0. The molecule has 9 heteroatoms. The molecule has 0 saturated heterocycles. The number of amides is 1. The van der Waals surface area contributed by atoms with Crippen molar-refractivity contribution in [1.82, 2.24) is 5.32 Å². The van der Waals surface area contributed by atoms with Gasteiger partial charge in [0.2, 0.25) is 12.5 Å². The van der Waals surface area contributed by atoms with Crippen molar-refractivity contribution in [3.63, 3.8) is 0 Å². The lowest BCUT2D eigenvalue weighted by atomic mass is 9.94. The smallest absolute Gasteiger partial charge is 0.352 e. The van der Waals surface area contributed by atoms with E-state index in [1.165, 1.54) is 12.1 Å². The summed E-state index contributed by atoms with van der Waals surface area (Å²) in [5.41, 5.74) is -0.715. The van der Waals surface area contributed by atoms with Crippen LogP contribution in [0.5, 0.6) is 0 Å². The second kappa shape index (κ2) is 7.97. The molecule has 2 N–H and O–H groups in total. The molecule has 0 heterocycles. The lowest BCUT2D eigenvalue weighted by Gasteiger charge is -2.13. The predicted molar refractivity (Wildman–Crippen MR) is 75.1 cm³/mol. The van der Waals surface area contributed by atoms with Crippen molar-refractivity contribution >= 4 is 11.9 Å². The van der Waals surface area contributed by atoms with E-state index in [9.17, 15) is 28.5 Å². The van der Waals surface area contributed by atoms with Crippen LogP contribution in [0.2, 0.25) is 0 Å². The molecule has 0 aliphatic heterocycles. The summed E-state index contributed by atoms with van der Waals surface area (Å²) in [6, 6.07) is 3.27. The van der Waals surface area contributed by atoms with Crippen LogP contribution in [0, 0.1) is 21.7 Å². The van der Waals surface area contributed by atoms with Crippen molar-refractivity contribution in [3.8, 4) is 0 Å². The number of carboxylic acid groups (broad SMARTS) is 1. The fourth-order valence-corrected chi connectivity index (χ4v) is 1.96. The van der Waals surface area contributed by atoms with Gasteiger partial charge in [0.1, 0.15) is 5.70 Å². The third kappa shape index (κ3) is 5.46. The lowest BCUT2D eigenvalue weighted by Crippen LogP contribution is -2.25. The Kier molecular flexibility index (Phi) is 6.31. The Morgan fingerprint density at radius 2 is 2.09 bits per heavy atom. The zero-order valence-electron chi connectivity index (χ0n) is 12.1. The zero-order chi connectivity index (χ0) is 17.6. The average molecular weight is 328 g/mol. The van der Waals surface area contributed by atoms with Gasteiger partial charge in [-0.2, -0.15) is 0 Å². The van der Waals surface area contributed by atoms with E-state index >= 15 is 0 Å². The van der Waals surface area contributed by atoms with E-state index in [0.717, 1.165) is 19.1 Å². The van der Waals surface area contributed by atoms with Gasteiger partial charge in [0.15, 0.2) is 11.6 Å². The van der Waals surface area contributed by atoms with E-state index in [0.29, 0.717) is 0 Å². The van der Waals surface area contributed by atoms with Gasteiger partial charge >= 0.3 is 5.97 Å². The highest BCUT2D eigenvalue weighted by molar-refractivity contribution is 5.91. The third-order valence-electron chi connectivity index (χ3n) is 2.94. The number of aliphatic carboxylic acids is 1. The molecule has 0 fully saturated rings. The van der Waals surface area contributed by atoms with Gasteiger partial charge < -0.3 is 10.4 Å². The normalized spacial score (nSPS) is 12.6. The molecule has 1 atom stereocenters. The number of hydrogen-bond acceptors (Lipinski definition) is 4. The standard InChI is InChI=1S/C14H14F2N2O5/c1-8(19)17-12(14(20)21)6-5-9(7-18(22)23)10-3-2-4-11(15)13(10)16/h2-4,6,9H,5,7H2,1H3,(H,17,19)(H,20,21)/b12-6-/t9-/m1/s1. The number of nitro groups is 1. The first kappa shape index (κ1) is 18.2. The summed E-state index contributed by atoms with van der Waals surface area (Å²) in [5, 5.41) is 21.7. The van der Waals surface area contributed by atoms with Gasteiger partial charge in [-0.25, -0.2) is 13.6 Å². The van der Waals surface area contributed by atoms with Gasteiger partial charge in [0, 0.05) is 17.4 Å². The molecular weight excluding hydrogens is 314 g/mol. The van der Waals surface area contributed by atoms with Crippen molar-refractivity contribution in [3.05, 3.63) is 57.3 Å². The van der Waals surface area contributed by atoms with Crippen molar-refractivity contribution in [2.24, 2.45) is 0 Å². The highest BCUT2D eigenvalue weighted by Gasteiger charge is 2.23. The molecule has 0 aromatic heterocycles. The molecule has 0 unspecified atom stereocenters. The van der Waals surface area contributed by atoms with E-state index in [2.05, 4.69) is 5.32 Å². The molecule has 23 heavy (non-hydrogen) atoms. The van der Waals surface area contributed by atoms with Crippen molar-refractivity contribution < 1.29 is 28.4 Å². The summed E-state index contributed by atoms with van der Waals surface area (Å²) < 4.78 is 27.1. The first-order chi connectivity index (χ1) is 10.7. The topological polar surface area (TPSA) is 110 Å². The van der Waals surface area contributed by atoms with Crippen molar-refractivity contribution in [2.75, 3.05) is 6.54 Å².